The fourth-order valence-electron chi connectivity index (χ4n) is 2.00. The molecule has 1 aromatic carbocycles. The first kappa shape index (κ1) is 12.3. The zero-order valence-corrected chi connectivity index (χ0v) is 11.0. The molecule has 0 saturated carbocycles. The quantitative estimate of drug-likeness (QED) is 0.832. The molecule has 92 valence electrons. The van der Waals surface area contributed by atoms with Crippen LogP contribution in [0.15, 0.2) is 18.2 Å². The van der Waals surface area contributed by atoms with Gasteiger partial charge in [0.15, 0.2) is 0 Å². The topological polar surface area (TPSA) is 40.5 Å². The molecule has 4 heteroatoms. The smallest absolute Gasteiger partial charge is 0.257 e. The number of aryl methyl sites for hydroxylation is 1. The number of carbonyl (C=O) groups is 1. The van der Waals surface area contributed by atoms with Gasteiger partial charge in [-0.05, 0) is 24.6 Å². The number of benzene rings is 1. The maximum atomic E-state index is 12.2. The number of nitrogens with zero attached hydrogens (tertiary/aromatic N) is 1. The lowest BCUT2D eigenvalue weighted by molar-refractivity contribution is 0.0760. The van der Waals surface area contributed by atoms with Crippen LogP contribution in [0.4, 0.5) is 0 Å². The molecule has 1 saturated heterocycles. The minimum absolute atomic E-state index is 0.0605. The number of phenols is 1. The molecule has 1 aliphatic heterocycles. The predicted molar refractivity (Wildman–Crippen MR) is 70.7 cm³/mol. The van der Waals surface area contributed by atoms with E-state index in [9.17, 15) is 9.90 Å². The highest BCUT2D eigenvalue weighted by atomic mass is 32.2. The van der Waals surface area contributed by atoms with E-state index < -0.39 is 0 Å². The van der Waals surface area contributed by atoms with Crippen LogP contribution in [0.1, 0.15) is 22.8 Å². The largest absolute Gasteiger partial charge is 0.507 e. The third kappa shape index (κ3) is 2.75. The van der Waals surface area contributed by atoms with E-state index in [-0.39, 0.29) is 11.7 Å². The molecule has 2 rings (SSSR count). The molecule has 1 heterocycles. The molecule has 3 nitrogen and oxygen atoms in total. The van der Waals surface area contributed by atoms with Crippen LogP contribution in [-0.2, 0) is 0 Å². The van der Waals surface area contributed by atoms with Gasteiger partial charge in [-0.3, -0.25) is 4.79 Å². The second-order valence-corrected chi connectivity index (χ2v) is 6.00. The molecule has 0 aromatic heterocycles. The van der Waals surface area contributed by atoms with Crippen molar-refractivity contribution >= 4 is 17.7 Å². The van der Waals surface area contributed by atoms with Crippen molar-refractivity contribution in [1.29, 1.82) is 0 Å². The standard InChI is InChI=1S/C13H17NO2S/c1-9-3-4-11(12(15)7-9)13(16)14-5-6-17-10(2)8-14/h3-4,7,10,15H,5-6,8H2,1-2H3. The van der Waals surface area contributed by atoms with Gasteiger partial charge in [-0.25, -0.2) is 0 Å². The van der Waals surface area contributed by atoms with Gasteiger partial charge in [0.1, 0.15) is 5.75 Å². The number of amides is 1. The minimum Gasteiger partial charge on any atom is -0.507 e. The first-order valence-electron chi connectivity index (χ1n) is 5.78. The SMILES string of the molecule is Cc1ccc(C(=O)N2CCSC(C)C2)c(O)c1. The van der Waals surface area contributed by atoms with Gasteiger partial charge in [-0.2, -0.15) is 11.8 Å². The number of thioether (sulfide) groups is 1. The number of carbonyl (C=O) groups excluding carboxylic acids is 1. The molecule has 1 N–H and O–H groups in total. The third-order valence-electron chi connectivity index (χ3n) is 2.91. The average molecular weight is 251 g/mol. The van der Waals surface area contributed by atoms with Crippen molar-refractivity contribution in [3.8, 4) is 5.75 Å². The summed E-state index contributed by atoms with van der Waals surface area (Å²) in [5.41, 5.74) is 1.37. The first-order valence-corrected chi connectivity index (χ1v) is 6.83. The summed E-state index contributed by atoms with van der Waals surface area (Å²) in [6.07, 6.45) is 0. The van der Waals surface area contributed by atoms with E-state index in [2.05, 4.69) is 6.92 Å². The molecular formula is C13H17NO2S. The summed E-state index contributed by atoms with van der Waals surface area (Å²) >= 11 is 1.88. The molecule has 1 fully saturated rings. The monoisotopic (exact) mass is 251 g/mol. The Morgan fingerprint density at radius 3 is 2.94 bits per heavy atom. The molecule has 1 unspecified atom stereocenters. The normalized spacial score (nSPS) is 20.4. The molecule has 1 atom stereocenters. The molecule has 0 aliphatic carbocycles. The second kappa shape index (κ2) is 5.00. The van der Waals surface area contributed by atoms with Gasteiger partial charge in [0.25, 0.3) is 5.91 Å². The molecule has 1 aromatic rings. The van der Waals surface area contributed by atoms with E-state index in [0.717, 1.165) is 24.4 Å². The predicted octanol–water partition coefficient (Wildman–Crippen LogP) is 2.28. The average Bonchev–Trinajstić information content (AvgIpc) is 2.28. The van der Waals surface area contributed by atoms with E-state index in [1.165, 1.54) is 0 Å². The van der Waals surface area contributed by atoms with Crippen LogP contribution in [0.5, 0.6) is 5.75 Å². The fraction of sp³-hybridized carbons (Fsp3) is 0.462. The zero-order chi connectivity index (χ0) is 12.4. The van der Waals surface area contributed by atoms with Crippen LogP contribution in [0.25, 0.3) is 0 Å². The summed E-state index contributed by atoms with van der Waals surface area (Å²) in [4.78, 5) is 14.1. The summed E-state index contributed by atoms with van der Waals surface area (Å²) in [7, 11) is 0. The Bertz CT molecular complexity index is 433. The van der Waals surface area contributed by atoms with Crippen molar-refractivity contribution in [3.63, 3.8) is 0 Å². The minimum atomic E-state index is -0.0605. The highest BCUT2D eigenvalue weighted by molar-refractivity contribution is 7.99. The molecule has 17 heavy (non-hydrogen) atoms. The summed E-state index contributed by atoms with van der Waals surface area (Å²) in [6, 6.07) is 5.20. The van der Waals surface area contributed by atoms with Crippen LogP contribution < -0.4 is 0 Å². The van der Waals surface area contributed by atoms with Gasteiger partial charge in [0, 0.05) is 24.1 Å². The lowest BCUT2D eigenvalue weighted by Crippen LogP contribution is -2.41. The maximum absolute atomic E-state index is 12.2. The van der Waals surface area contributed by atoms with Gasteiger partial charge in [0.05, 0.1) is 5.56 Å². The lowest BCUT2D eigenvalue weighted by Gasteiger charge is -2.30. The van der Waals surface area contributed by atoms with Crippen molar-refractivity contribution in [2.75, 3.05) is 18.8 Å². The van der Waals surface area contributed by atoms with E-state index in [4.69, 9.17) is 0 Å². The number of rotatable bonds is 1. The lowest BCUT2D eigenvalue weighted by atomic mass is 10.1. The summed E-state index contributed by atoms with van der Waals surface area (Å²) in [5, 5.41) is 10.3. The summed E-state index contributed by atoms with van der Waals surface area (Å²) < 4.78 is 0. The molecule has 1 amide bonds. The van der Waals surface area contributed by atoms with Crippen LogP contribution in [-0.4, -0.2) is 40.0 Å². The Hall–Kier alpha value is -1.16. The van der Waals surface area contributed by atoms with Crippen molar-refractivity contribution in [2.24, 2.45) is 0 Å². The van der Waals surface area contributed by atoms with E-state index in [0.29, 0.717) is 10.8 Å². The Labute approximate surface area is 106 Å². The van der Waals surface area contributed by atoms with Gasteiger partial charge >= 0.3 is 0 Å². The molecule has 0 spiro atoms. The van der Waals surface area contributed by atoms with Gasteiger partial charge < -0.3 is 10.0 Å². The van der Waals surface area contributed by atoms with Gasteiger partial charge in [0.2, 0.25) is 0 Å². The number of hydrogen-bond donors (Lipinski definition) is 1. The Balaban J connectivity index is 2.18. The molecular weight excluding hydrogens is 234 g/mol. The molecule has 0 bridgehead atoms. The zero-order valence-electron chi connectivity index (χ0n) is 10.1. The van der Waals surface area contributed by atoms with Crippen molar-refractivity contribution in [3.05, 3.63) is 29.3 Å². The Morgan fingerprint density at radius 2 is 2.29 bits per heavy atom. The van der Waals surface area contributed by atoms with E-state index in [1.807, 2.05) is 29.7 Å². The maximum Gasteiger partial charge on any atom is 0.257 e. The Kier molecular flexibility index (Phi) is 3.62. The highest BCUT2D eigenvalue weighted by Crippen LogP contribution is 2.24. The van der Waals surface area contributed by atoms with Crippen molar-refractivity contribution in [2.45, 2.75) is 19.1 Å². The van der Waals surface area contributed by atoms with Crippen LogP contribution in [0.3, 0.4) is 0 Å². The number of hydrogen-bond acceptors (Lipinski definition) is 3. The van der Waals surface area contributed by atoms with Gasteiger partial charge in [-0.1, -0.05) is 13.0 Å². The molecule has 0 radical (unpaired) electrons. The fourth-order valence-corrected chi connectivity index (χ4v) is 3.01. The summed E-state index contributed by atoms with van der Waals surface area (Å²) in [5.74, 6) is 0.995. The first-order chi connectivity index (χ1) is 8.08. The van der Waals surface area contributed by atoms with Crippen molar-refractivity contribution < 1.29 is 9.90 Å². The van der Waals surface area contributed by atoms with Crippen LogP contribution in [0.2, 0.25) is 0 Å². The van der Waals surface area contributed by atoms with Crippen LogP contribution in [0, 0.1) is 6.92 Å². The van der Waals surface area contributed by atoms with Gasteiger partial charge in [-0.15, -0.1) is 0 Å². The highest BCUT2D eigenvalue weighted by Gasteiger charge is 2.23. The Morgan fingerprint density at radius 1 is 1.53 bits per heavy atom. The van der Waals surface area contributed by atoms with E-state index in [1.54, 1.807) is 12.1 Å². The number of aromatic hydroxyl groups is 1. The van der Waals surface area contributed by atoms with E-state index >= 15 is 0 Å². The molecule has 1 aliphatic rings. The van der Waals surface area contributed by atoms with Crippen molar-refractivity contribution in [1.82, 2.24) is 4.90 Å². The third-order valence-corrected chi connectivity index (χ3v) is 4.05. The number of phenolic OH excluding ortho intramolecular Hbond substituents is 1. The van der Waals surface area contributed by atoms with Crippen LogP contribution >= 0.6 is 11.8 Å². The second-order valence-electron chi connectivity index (χ2n) is 4.45. The summed E-state index contributed by atoms with van der Waals surface area (Å²) in [6.45, 7) is 5.55.